The Balaban J connectivity index is 2.24. The molecule has 0 spiro atoms. The fourth-order valence-corrected chi connectivity index (χ4v) is 1.84. The van der Waals surface area contributed by atoms with Crippen LogP contribution in [0.25, 0.3) is 10.8 Å². The van der Waals surface area contributed by atoms with Crippen molar-refractivity contribution in [3.05, 3.63) is 36.7 Å². The minimum atomic E-state index is -0.504. The maximum atomic E-state index is 11.9. The van der Waals surface area contributed by atoms with Crippen LogP contribution in [0.5, 0.6) is 0 Å². The summed E-state index contributed by atoms with van der Waals surface area (Å²) < 4.78 is 0. The number of nitrogens with zero attached hydrogens (tertiary/aromatic N) is 1. The molecule has 1 heterocycles. The zero-order chi connectivity index (χ0) is 13.2. The maximum Gasteiger partial charge on any atom is 0.226 e. The summed E-state index contributed by atoms with van der Waals surface area (Å²) in [6.07, 6.45) is 3.77. The first-order chi connectivity index (χ1) is 8.46. The average molecular weight is 243 g/mol. The number of hydrogen-bond acceptors (Lipinski definition) is 3. The largest absolute Gasteiger partial charge is 0.325 e. The van der Waals surface area contributed by atoms with Crippen molar-refractivity contribution in [3.63, 3.8) is 0 Å². The summed E-state index contributed by atoms with van der Waals surface area (Å²) >= 11 is 0. The van der Waals surface area contributed by atoms with E-state index in [0.717, 1.165) is 16.5 Å². The Morgan fingerprint density at radius 3 is 2.89 bits per heavy atom. The van der Waals surface area contributed by atoms with Crippen molar-refractivity contribution in [2.75, 3.05) is 5.32 Å². The molecule has 18 heavy (non-hydrogen) atoms. The molecular weight excluding hydrogens is 226 g/mol. The summed E-state index contributed by atoms with van der Waals surface area (Å²) in [5.74, 6) is -0.0770. The van der Waals surface area contributed by atoms with Crippen molar-refractivity contribution in [2.24, 2.45) is 5.73 Å². The number of carbonyl (C=O) groups excluding carboxylic acids is 1. The molecule has 0 radical (unpaired) electrons. The highest BCUT2D eigenvalue weighted by Gasteiger charge is 2.16. The van der Waals surface area contributed by atoms with E-state index in [2.05, 4.69) is 10.3 Å². The van der Waals surface area contributed by atoms with Crippen LogP contribution in [-0.2, 0) is 4.79 Å². The molecule has 0 unspecified atom stereocenters. The summed E-state index contributed by atoms with van der Waals surface area (Å²) in [7, 11) is 0. The van der Waals surface area contributed by atoms with Gasteiger partial charge in [0, 0.05) is 40.8 Å². The minimum Gasteiger partial charge on any atom is -0.325 e. The van der Waals surface area contributed by atoms with E-state index in [9.17, 15) is 4.79 Å². The first kappa shape index (κ1) is 12.5. The van der Waals surface area contributed by atoms with E-state index in [1.165, 1.54) is 0 Å². The second-order valence-electron chi connectivity index (χ2n) is 5.12. The molecule has 0 saturated carbocycles. The highest BCUT2D eigenvalue weighted by Crippen LogP contribution is 2.22. The van der Waals surface area contributed by atoms with Crippen LogP contribution in [0.2, 0.25) is 0 Å². The van der Waals surface area contributed by atoms with Crippen molar-refractivity contribution in [1.29, 1.82) is 0 Å². The molecule has 2 aromatic rings. The van der Waals surface area contributed by atoms with E-state index in [4.69, 9.17) is 5.73 Å². The molecule has 94 valence electrons. The molecule has 0 aliphatic rings. The third-order valence-corrected chi connectivity index (χ3v) is 2.57. The van der Waals surface area contributed by atoms with Crippen molar-refractivity contribution in [1.82, 2.24) is 4.98 Å². The van der Waals surface area contributed by atoms with E-state index in [1.54, 1.807) is 12.4 Å². The number of amides is 1. The standard InChI is InChI=1S/C14H17N3O/c1-14(2,15)8-13(18)17-12-5-3-4-10-9-16-7-6-11(10)12/h3-7,9H,8,15H2,1-2H3,(H,17,18). The molecule has 0 bridgehead atoms. The number of aromatic nitrogens is 1. The zero-order valence-corrected chi connectivity index (χ0v) is 10.6. The SMILES string of the molecule is CC(C)(N)CC(=O)Nc1cccc2cnccc12. The van der Waals surface area contributed by atoms with Crippen molar-refractivity contribution in [3.8, 4) is 0 Å². The topological polar surface area (TPSA) is 68.0 Å². The van der Waals surface area contributed by atoms with Gasteiger partial charge in [0.05, 0.1) is 0 Å². The normalized spacial score (nSPS) is 11.5. The molecule has 4 heteroatoms. The number of carbonyl (C=O) groups is 1. The molecule has 2 rings (SSSR count). The van der Waals surface area contributed by atoms with Gasteiger partial charge in [-0.2, -0.15) is 0 Å². The molecule has 1 amide bonds. The predicted molar refractivity (Wildman–Crippen MR) is 73.3 cm³/mol. The minimum absolute atomic E-state index is 0.0770. The molecule has 1 aromatic carbocycles. The summed E-state index contributed by atoms with van der Waals surface area (Å²) in [4.78, 5) is 15.9. The molecule has 0 aliphatic heterocycles. The second-order valence-corrected chi connectivity index (χ2v) is 5.12. The van der Waals surface area contributed by atoms with Crippen LogP contribution < -0.4 is 11.1 Å². The predicted octanol–water partition coefficient (Wildman–Crippen LogP) is 2.30. The number of benzene rings is 1. The van der Waals surface area contributed by atoms with Gasteiger partial charge >= 0.3 is 0 Å². The van der Waals surface area contributed by atoms with Gasteiger partial charge in [-0.05, 0) is 26.0 Å². The summed E-state index contributed by atoms with van der Waals surface area (Å²) in [5, 5.41) is 4.88. The van der Waals surface area contributed by atoms with Crippen molar-refractivity contribution < 1.29 is 4.79 Å². The fraction of sp³-hybridized carbons (Fsp3) is 0.286. The van der Waals surface area contributed by atoms with Gasteiger partial charge in [-0.25, -0.2) is 0 Å². The third-order valence-electron chi connectivity index (χ3n) is 2.57. The Morgan fingerprint density at radius 2 is 2.17 bits per heavy atom. The van der Waals surface area contributed by atoms with E-state index in [1.807, 2.05) is 38.1 Å². The zero-order valence-electron chi connectivity index (χ0n) is 10.6. The fourth-order valence-electron chi connectivity index (χ4n) is 1.84. The van der Waals surface area contributed by atoms with Gasteiger partial charge in [-0.1, -0.05) is 12.1 Å². The van der Waals surface area contributed by atoms with Crippen LogP contribution in [0, 0.1) is 0 Å². The van der Waals surface area contributed by atoms with Crippen LogP contribution in [0.3, 0.4) is 0 Å². The first-order valence-electron chi connectivity index (χ1n) is 5.87. The summed E-state index contributed by atoms with van der Waals surface area (Å²) in [5.41, 5.74) is 6.12. The smallest absolute Gasteiger partial charge is 0.226 e. The van der Waals surface area contributed by atoms with Gasteiger partial charge in [0.1, 0.15) is 0 Å². The molecule has 0 fully saturated rings. The summed E-state index contributed by atoms with van der Waals surface area (Å²) in [6.45, 7) is 3.67. The highest BCUT2D eigenvalue weighted by atomic mass is 16.1. The first-order valence-corrected chi connectivity index (χ1v) is 5.87. The van der Waals surface area contributed by atoms with Crippen LogP contribution in [0.15, 0.2) is 36.7 Å². The Kier molecular flexibility index (Phi) is 3.30. The van der Waals surface area contributed by atoms with Gasteiger partial charge in [0.15, 0.2) is 0 Å². The molecular formula is C14H17N3O. The highest BCUT2D eigenvalue weighted by molar-refractivity contribution is 6.02. The lowest BCUT2D eigenvalue weighted by molar-refractivity contribution is -0.117. The van der Waals surface area contributed by atoms with Gasteiger partial charge < -0.3 is 11.1 Å². The lowest BCUT2D eigenvalue weighted by Crippen LogP contribution is -2.36. The molecule has 3 N–H and O–H groups in total. The van der Waals surface area contributed by atoms with Gasteiger partial charge in [0.25, 0.3) is 0 Å². The third kappa shape index (κ3) is 3.05. The average Bonchev–Trinajstić information content (AvgIpc) is 2.27. The van der Waals surface area contributed by atoms with E-state index in [0.29, 0.717) is 0 Å². The van der Waals surface area contributed by atoms with Crippen LogP contribution >= 0.6 is 0 Å². The molecule has 4 nitrogen and oxygen atoms in total. The Labute approximate surface area is 106 Å². The van der Waals surface area contributed by atoms with E-state index in [-0.39, 0.29) is 12.3 Å². The van der Waals surface area contributed by atoms with Crippen molar-refractivity contribution >= 4 is 22.4 Å². The number of nitrogens with two attached hydrogens (primary N) is 1. The maximum absolute atomic E-state index is 11.9. The lowest BCUT2D eigenvalue weighted by Gasteiger charge is -2.18. The number of nitrogens with one attached hydrogen (secondary N) is 1. The molecule has 0 aliphatic carbocycles. The van der Waals surface area contributed by atoms with Crippen LogP contribution in [-0.4, -0.2) is 16.4 Å². The van der Waals surface area contributed by atoms with Gasteiger partial charge in [-0.15, -0.1) is 0 Å². The van der Waals surface area contributed by atoms with Gasteiger partial charge in [-0.3, -0.25) is 9.78 Å². The second kappa shape index (κ2) is 4.74. The van der Waals surface area contributed by atoms with Crippen LogP contribution in [0.4, 0.5) is 5.69 Å². The Bertz CT molecular complexity index is 567. The number of pyridine rings is 1. The number of fused-ring (bicyclic) bond motifs is 1. The quantitative estimate of drug-likeness (QED) is 0.869. The molecule has 0 saturated heterocycles. The number of anilines is 1. The van der Waals surface area contributed by atoms with E-state index < -0.39 is 5.54 Å². The van der Waals surface area contributed by atoms with Gasteiger partial charge in [0.2, 0.25) is 5.91 Å². The molecule has 0 atom stereocenters. The summed E-state index contributed by atoms with van der Waals surface area (Å²) in [6, 6.07) is 7.63. The number of hydrogen-bond donors (Lipinski definition) is 2. The molecule has 1 aromatic heterocycles. The Hall–Kier alpha value is -1.94. The van der Waals surface area contributed by atoms with Crippen molar-refractivity contribution in [2.45, 2.75) is 25.8 Å². The Morgan fingerprint density at radius 1 is 1.39 bits per heavy atom. The van der Waals surface area contributed by atoms with E-state index >= 15 is 0 Å². The van der Waals surface area contributed by atoms with Crippen LogP contribution in [0.1, 0.15) is 20.3 Å². The lowest BCUT2D eigenvalue weighted by atomic mass is 10.0. The number of rotatable bonds is 3. The monoisotopic (exact) mass is 243 g/mol.